The summed E-state index contributed by atoms with van der Waals surface area (Å²) in [5, 5.41) is 3.43. The molecule has 1 N–H and O–H groups in total. The molecule has 8 heteroatoms. The van der Waals surface area contributed by atoms with Crippen molar-refractivity contribution in [2.24, 2.45) is 4.99 Å². The van der Waals surface area contributed by atoms with Crippen LogP contribution < -0.4 is 5.32 Å². The standard InChI is InChI=1S/C25H44N2O6/c1-7-30-19(2)16-31-20(3)17-32-21(4)18-33-25(28)24(15-26-5)22-10-8-11-23(14-22)27-12-9-13-29-6/h14-15,19-21,27H,7-13,16-18H2,1-6H3/b24-22-,26-15?. The van der Waals surface area contributed by atoms with Gasteiger partial charge in [-0.2, -0.15) is 0 Å². The topological polar surface area (TPSA) is 87.6 Å². The summed E-state index contributed by atoms with van der Waals surface area (Å²) in [6.07, 6.45) is 7.08. The molecule has 0 aromatic rings. The maximum absolute atomic E-state index is 12.8. The third-order valence-electron chi connectivity index (χ3n) is 5.07. The van der Waals surface area contributed by atoms with Gasteiger partial charge in [0.05, 0.1) is 37.1 Å². The highest BCUT2D eigenvalue weighted by atomic mass is 16.6. The van der Waals surface area contributed by atoms with E-state index < -0.39 is 0 Å². The Labute approximate surface area is 199 Å². The zero-order valence-electron chi connectivity index (χ0n) is 21.4. The number of nitrogens with zero attached hydrogens (tertiary/aromatic N) is 1. The Kier molecular flexibility index (Phi) is 15.7. The van der Waals surface area contributed by atoms with Crippen molar-refractivity contribution in [3.63, 3.8) is 0 Å². The van der Waals surface area contributed by atoms with E-state index in [1.54, 1.807) is 20.4 Å². The monoisotopic (exact) mass is 468 g/mol. The Morgan fingerprint density at radius 3 is 2.39 bits per heavy atom. The Morgan fingerprint density at radius 1 is 1.09 bits per heavy atom. The lowest BCUT2D eigenvalue weighted by Gasteiger charge is -2.20. The first-order valence-corrected chi connectivity index (χ1v) is 12.0. The van der Waals surface area contributed by atoms with Gasteiger partial charge in [-0.3, -0.25) is 4.99 Å². The number of nitrogens with one attached hydrogen (secondary N) is 1. The SMILES string of the molecule is CCOC(C)COC(C)COC(C)COC(=O)/C(C=NC)=C1\C=C(NCCCOC)CCC1. The molecule has 0 bridgehead atoms. The zero-order valence-corrected chi connectivity index (χ0v) is 21.4. The van der Waals surface area contributed by atoms with Crippen LogP contribution in [0.3, 0.4) is 0 Å². The predicted octanol–water partition coefficient (Wildman–Crippen LogP) is 3.46. The van der Waals surface area contributed by atoms with Gasteiger partial charge in [0.1, 0.15) is 6.61 Å². The molecular formula is C25H44N2O6. The molecule has 0 radical (unpaired) electrons. The van der Waals surface area contributed by atoms with Gasteiger partial charge in [-0.05, 0) is 65.0 Å². The molecule has 0 aromatic heterocycles. The van der Waals surface area contributed by atoms with Gasteiger partial charge in [0, 0.05) is 45.8 Å². The van der Waals surface area contributed by atoms with Crippen molar-refractivity contribution in [3.8, 4) is 0 Å². The Balaban J connectivity index is 2.54. The number of rotatable bonds is 17. The minimum absolute atomic E-state index is 0.0532. The Bertz CT molecular complexity index is 647. The second-order valence-corrected chi connectivity index (χ2v) is 8.27. The molecule has 1 aliphatic carbocycles. The second kappa shape index (κ2) is 17.7. The highest BCUT2D eigenvalue weighted by molar-refractivity contribution is 6.10. The van der Waals surface area contributed by atoms with E-state index >= 15 is 0 Å². The van der Waals surface area contributed by atoms with Gasteiger partial charge < -0.3 is 29.0 Å². The molecule has 0 aliphatic heterocycles. The van der Waals surface area contributed by atoms with E-state index in [2.05, 4.69) is 16.4 Å². The van der Waals surface area contributed by atoms with Crippen molar-refractivity contribution < 1.29 is 28.5 Å². The Hall–Kier alpha value is -1.74. The first-order chi connectivity index (χ1) is 15.9. The van der Waals surface area contributed by atoms with Crippen LogP contribution in [-0.4, -0.2) is 84.2 Å². The molecule has 0 heterocycles. The molecule has 0 saturated heterocycles. The number of carbonyl (C=O) groups is 1. The minimum Gasteiger partial charge on any atom is -0.459 e. The van der Waals surface area contributed by atoms with Crippen molar-refractivity contribution in [2.45, 2.75) is 71.7 Å². The van der Waals surface area contributed by atoms with Crippen LogP contribution in [-0.2, 0) is 28.5 Å². The highest BCUT2D eigenvalue weighted by Gasteiger charge is 2.19. The summed E-state index contributed by atoms with van der Waals surface area (Å²) < 4.78 is 27.6. The van der Waals surface area contributed by atoms with Crippen molar-refractivity contribution in [1.82, 2.24) is 5.32 Å². The lowest BCUT2D eigenvalue weighted by atomic mass is 9.95. The molecule has 0 aromatic carbocycles. The average Bonchev–Trinajstić information content (AvgIpc) is 2.81. The van der Waals surface area contributed by atoms with Crippen molar-refractivity contribution >= 4 is 12.2 Å². The second-order valence-electron chi connectivity index (χ2n) is 8.27. The molecule has 1 aliphatic rings. The maximum atomic E-state index is 12.8. The molecule has 3 unspecified atom stereocenters. The van der Waals surface area contributed by atoms with Crippen LogP contribution in [0.2, 0.25) is 0 Å². The van der Waals surface area contributed by atoms with E-state index in [4.69, 9.17) is 23.7 Å². The van der Waals surface area contributed by atoms with Crippen molar-refractivity contribution in [1.29, 1.82) is 0 Å². The first-order valence-electron chi connectivity index (χ1n) is 12.0. The van der Waals surface area contributed by atoms with E-state index in [1.165, 1.54) is 0 Å². The zero-order chi connectivity index (χ0) is 24.5. The van der Waals surface area contributed by atoms with Crippen molar-refractivity contribution in [3.05, 3.63) is 22.9 Å². The van der Waals surface area contributed by atoms with E-state index in [0.717, 1.165) is 50.1 Å². The number of hydrogen-bond donors (Lipinski definition) is 1. The maximum Gasteiger partial charge on any atom is 0.340 e. The fourth-order valence-electron chi connectivity index (χ4n) is 3.34. The summed E-state index contributed by atoms with van der Waals surface area (Å²) in [5.74, 6) is -0.377. The molecule has 0 spiro atoms. The lowest BCUT2D eigenvalue weighted by molar-refractivity contribution is -0.143. The Morgan fingerprint density at radius 2 is 1.76 bits per heavy atom. The van der Waals surface area contributed by atoms with Crippen LogP contribution in [0.25, 0.3) is 0 Å². The fraction of sp³-hybridized carbons (Fsp3) is 0.760. The smallest absolute Gasteiger partial charge is 0.340 e. The molecule has 190 valence electrons. The molecular weight excluding hydrogens is 424 g/mol. The van der Waals surface area contributed by atoms with Crippen LogP contribution in [0, 0.1) is 0 Å². The molecule has 0 saturated carbocycles. The number of carbonyl (C=O) groups excluding carboxylic acids is 1. The van der Waals surface area contributed by atoms with Crippen LogP contribution in [0.15, 0.2) is 27.9 Å². The summed E-state index contributed by atoms with van der Waals surface area (Å²) in [6, 6.07) is 0. The molecule has 3 atom stereocenters. The van der Waals surface area contributed by atoms with E-state index in [9.17, 15) is 4.79 Å². The van der Waals surface area contributed by atoms with Crippen LogP contribution in [0.4, 0.5) is 0 Å². The van der Waals surface area contributed by atoms with Gasteiger partial charge in [0.15, 0.2) is 0 Å². The predicted molar refractivity (Wildman–Crippen MR) is 131 cm³/mol. The molecule has 1 rings (SSSR count). The highest BCUT2D eigenvalue weighted by Crippen LogP contribution is 2.24. The number of aliphatic imine (C=N–C) groups is 1. The normalized spacial score (nSPS) is 18.5. The van der Waals surface area contributed by atoms with Gasteiger partial charge in [-0.15, -0.1) is 0 Å². The van der Waals surface area contributed by atoms with Crippen LogP contribution in [0.1, 0.15) is 53.4 Å². The van der Waals surface area contributed by atoms with Crippen molar-refractivity contribution in [2.75, 3.05) is 53.7 Å². The quantitative estimate of drug-likeness (QED) is 0.151. The molecule has 33 heavy (non-hydrogen) atoms. The van der Waals surface area contributed by atoms with Crippen LogP contribution >= 0.6 is 0 Å². The third-order valence-corrected chi connectivity index (χ3v) is 5.07. The summed E-state index contributed by atoms with van der Waals surface area (Å²) >= 11 is 0. The van der Waals surface area contributed by atoms with E-state index in [0.29, 0.717) is 25.4 Å². The minimum atomic E-state index is -0.377. The number of allylic oxidation sites excluding steroid dienone is 3. The van der Waals surface area contributed by atoms with Gasteiger partial charge in [0.2, 0.25) is 0 Å². The largest absolute Gasteiger partial charge is 0.459 e. The molecule has 0 fully saturated rings. The summed E-state index contributed by atoms with van der Waals surface area (Å²) in [5.41, 5.74) is 2.58. The average molecular weight is 469 g/mol. The van der Waals surface area contributed by atoms with Gasteiger partial charge in [-0.25, -0.2) is 4.79 Å². The molecule has 8 nitrogen and oxygen atoms in total. The summed E-state index contributed by atoms with van der Waals surface area (Å²) in [7, 11) is 3.36. The number of hydrogen-bond acceptors (Lipinski definition) is 8. The van der Waals surface area contributed by atoms with Gasteiger partial charge in [0.25, 0.3) is 0 Å². The van der Waals surface area contributed by atoms with Gasteiger partial charge >= 0.3 is 5.97 Å². The fourth-order valence-corrected chi connectivity index (χ4v) is 3.34. The van der Waals surface area contributed by atoms with Crippen LogP contribution in [0.5, 0.6) is 0 Å². The summed E-state index contributed by atoms with van der Waals surface area (Å²) in [6.45, 7) is 11.1. The summed E-state index contributed by atoms with van der Waals surface area (Å²) in [4.78, 5) is 16.9. The number of ether oxygens (including phenoxy) is 5. The third kappa shape index (κ3) is 12.9. The molecule has 0 amide bonds. The number of esters is 1. The van der Waals surface area contributed by atoms with Gasteiger partial charge in [-0.1, -0.05) is 0 Å². The lowest BCUT2D eigenvalue weighted by Crippen LogP contribution is -2.27. The van der Waals surface area contributed by atoms with E-state index in [-0.39, 0.29) is 30.9 Å². The first kappa shape index (κ1) is 29.3. The van der Waals surface area contributed by atoms with E-state index in [1.807, 2.05) is 27.7 Å². The number of methoxy groups -OCH3 is 1.